The molecule has 0 radical (unpaired) electrons. The maximum Gasteiger partial charge on any atom is 0.387 e. The molecule has 0 spiro atoms. The Balaban J connectivity index is 1.83. The van der Waals surface area contributed by atoms with Gasteiger partial charge in [-0.2, -0.15) is 8.78 Å². The first-order valence-corrected chi connectivity index (χ1v) is 10.2. The first-order valence-electron chi connectivity index (χ1n) is 10.2. The number of ether oxygens (including phenoxy) is 1. The van der Waals surface area contributed by atoms with Gasteiger partial charge in [0.15, 0.2) is 0 Å². The lowest BCUT2D eigenvalue weighted by atomic mass is 9.95. The molecule has 2 N–H and O–H groups in total. The third-order valence-corrected chi connectivity index (χ3v) is 5.52. The normalized spacial score (nSPS) is 14.8. The molecule has 1 fully saturated rings. The first kappa shape index (κ1) is 21.2. The van der Waals surface area contributed by atoms with E-state index in [1.54, 1.807) is 24.5 Å². The number of aromatic nitrogens is 1. The van der Waals surface area contributed by atoms with E-state index >= 15 is 0 Å². The lowest BCUT2D eigenvalue weighted by Crippen LogP contribution is -2.40. The van der Waals surface area contributed by atoms with Gasteiger partial charge in [0.05, 0.1) is 5.69 Å². The number of halogens is 3. The van der Waals surface area contributed by atoms with Gasteiger partial charge in [-0.3, -0.25) is 4.98 Å². The molecular formula is C24H24F3N3O. The van der Waals surface area contributed by atoms with Crippen molar-refractivity contribution in [2.45, 2.75) is 32.4 Å². The molecule has 7 heteroatoms. The lowest BCUT2D eigenvalue weighted by molar-refractivity contribution is -0.0498. The summed E-state index contributed by atoms with van der Waals surface area (Å²) >= 11 is 0. The summed E-state index contributed by atoms with van der Waals surface area (Å²) in [5, 5.41) is 0. The van der Waals surface area contributed by atoms with E-state index in [0.717, 1.165) is 59.4 Å². The Hall–Kier alpha value is -3.06. The largest absolute Gasteiger partial charge is 0.435 e. The molecule has 0 unspecified atom stereocenters. The highest BCUT2D eigenvalue weighted by Gasteiger charge is 2.23. The van der Waals surface area contributed by atoms with Crippen LogP contribution in [0.1, 0.15) is 18.4 Å². The number of rotatable bonds is 5. The summed E-state index contributed by atoms with van der Waals surface area (Å²) in [5.74, 6) is -0.213. The van der Waals surface area contributed by atoms with Crippen molar-refractivity contribution >= 4 is 5.69 Å². The van der Waals surface area contributed by atoms with Crippen LogP contribution < -0.4 is 15.4 Å². The second kappa shape index (κ2) is 8.98. The van der Waals surface area contributed by atoms with E-state index in [2.05, 4.69) is 14.6 Å². The van der Waals surface area contributed by atoms with Gasteiger partial charge in [-0.15, -0.1) is 0 Å². The van der Waals surface area contributed by atoms with E-state index in [9.17, 15) is 13.2 Å². The summed E-state index contributed by atoms with van der Waals surface area (Å²) < 4.78 is 43.7. The monoisotopic (exact) mass is 427 g/mol. The van der Waals surface area contributed by atoms with Crippen molar-refractivity contribution in [1.82, 2.24) is 4.98 Å². The van der Waals surface area contributed by atoms with Crippen molar-refractivity contribution in [1.29, 1.82) is 0 Å². The molecule has 1 aromatic heterocycles. The van der Waals surface area contributed by atoms with Gasteiger partial charge in [0, 0.05) is 42.7 Å². The number of piperidine rings is 1. The summed E-state index contributed by atoms with van der Waals surface area (Å²) in [6.07, 6.45) is 5.20. The van der Waals surface area contributed by atoms with Crippen LogP contribution in [0, 0.1) is 12.7 Å². The van der Waals surface area contributed by atoms with Crippen LogP contribution in [0.5, 0.6) is 5.75 Å². The van der Waals surface area contributed by atoms with Gasteiger partial charge in [-0.25, -0.2) is 4.39 Å². The molecule has 0 aliphatic carbocycles. The van der Waals surface area contributed by atoms with Gasteiger partial charge < -0.3 is 15.4 Å². The fourth-order valence-electron chi connectivity index (χ4n) is 4.05. The van der Waals surface area contributed by atoms with Crippen LogP contribution in [-0.2, 0) is 0 Å². The number of benzene rings is 2. The minimum absolute atomic E-state index is 0.0918. The fraction of sp³-hybridized carbons (Fsp3) is 0.292. The Kier molecular flexibility index (Phi) is 6.13. The minimum atomic E-state index is -2.87. The molecular weight excluding hydrogens is 403 g/mol. The SMILES string of the molecule is Cc1cc(F)cc(-c2cncc(-c3ccc(OC(F)F)cc3)c2N2CCC(N)CC2)c1. The van der Waals surface area contributed by atoms with Crippen LogP contribution >= 0.6 is 0 Å². The summed E-state index contributed by atoms with van der Waals surface area (Å²) in [6, 6.07) is 11.6. The van der Waals surface area contributed by atoms with Crippen molar-refractivity contribution < 1.29 is 17.9 Å². The molecule has 1 aliphatic rings. The molecule has 4 nitrogen and oxygen atoms in total. The molecule has 4 rings (SSSR count). The van der Waals surface area contributed by atoms with Crippen LogP contribution in [0.3, 0.4) is 0 Å². The molecule has 31 heavy (non-hydrogen) atoms. The van der Waals surface area contributed by atoms with Crippen molar-refractivity contribution in [2.75, 3.05) is 18.0 Å². The topological polar surface area (TPSA) is 51.4 Å². The van der Waals surface area contributed by atoms with E-state index in [1.807, 2.05) is 13.0 Å². The smallest absolute Gasteiger partial charge is 0.387 e. The predicted octanol–water partition coefficient (Wildman–Crippen LogP) is 5.39. The second-order valence-corrected chi connectivity index (χ2v) is 7.83. The van der Waals surface area contributed by atoms with Crippen LogP contribution in [0.2, 0.25) is 0 Å². The van der Waals surface area contributed by atoms with Crippen molar-refractivity contribution in [3.8, 4) is 28.0 Å². The van der Waals surface area contributed by atoms with E-state index in [0.29, 0.717) is 0 Å². The number of alkyl halides is 2. The molecule has 0 atom stereocenters. The third-order valence-electron chi connectivity index (χ3n) is 5.52. The van der Waals surface area contributed by atoms with Gasteiger partial charge in [0.25, 0.3) is 0 Å². The van der Waals surface area contributed by atoms with Gasteiger partial charge in [0.1, 0.15) is 11.6 Å². The Bertz CT molecular complexity index is 1030. The number of hydrogen-bond donors (Lipinski definition) is 1. The van der Waals surface area contributed by atoms with E-state index in [-0.39, 0.29) is 17.6 Å². The summed E-state index contributed by atoms with van der Waals surface area (Å²) in [7, 11) is 0. The van der Waals surface area contributed by atoms with E-state index < -0.39 is 6.61 Å². The number of nitrogens with two attached hydrogens (primary N) is 1. The molecule has 0 saturated carbocycles. The molecule has 1 aliphatic heterocycles. The molecule has 162 valence electrons. The van der Waals surface area contributed by atoms with Crippen LogP contribution in [0.25, 0.3) is 22.3 Å². The number of aryl methyl sites for hydroxylation is 1. The van der Waals surface area contributed by atoms with E-state index in [1.165, 1.54) is 24.3 Å². The predicted molar refractivity (Wildman–Crippen MR) is 116 cm³/mol. The maximum atomic E-state index is 14.2. The number of pyridine rings is 1. The molecule has 2 aromatic carbocycles. The van der Waals surface area contributed by atoms with Gasteiger partial charge >= 0.3 is 6.61 Å². The molecule has 3 aromatic rings. The van der Waals surface area contributed by atoms with Crippen LogP contribution in [0.15, 0.2) is 54.9 Å². The molecule has 0 amide bonds. The summed E-state index contributed by atoms with van der Waals surface area (Å²) in [5.41, 5.74) is 11.1. The summed E-state index contributed by atoms with van der Waals surface area (Å²) in [6.45, 7) is 0.517. The Morgan fingerprint density at radius 1 is 1.00 bits per heavy atom. The second-order valence-electron chi connectivity index (χ2n) is 7.83. The van der Waals surface area contributed by atoms with Crippen molar-refractivity contribution in [3.63, 3.8) is 0 Å². The number of nitrogens with zero attached hydrogens (tertiary/aromatic N) is 2. The number of anilines is 1. The zero-order valence-corrected chi connectivity index (χ0v) is 17.2. The minimum Gasteiger partial charge on any atom is -0.435 e. The Morgan fingerprint density at radius 3 is 2.26 bits per heavy atom. The highest BCUT2D eigenvalue weighted by atomic mass is 19.3. The molecule has 0 bridgehead atoms. The molecule has 2 heterocycles. The fourth-order valence-corrected chi connectivity index (χ4v) is 4.05. The summed E-state index contributed by atoms with van der Waals surface area (Å²) in [4.78, 5) is 6.66. The Labute approximate surface area is 179 Å². The van der Waals surface area contributed by atoms with Gasteiger partial charge in [-0.1, -0.05) is 18.2 Å². The van der Waals surface area contributed by atoms with Crippen LogP contribution in [-0.4, -0.2) is 30.7 Å². The van der Waals surface area contributed by atoms with Crippen molar-refractivity contribution in [3.05, 3.63) is 66.2 Å². The number of hydrogen-bond acceptors (Lipinski definition) is 4. The molecule has 1 saturated heterocycles. The first-order chi connectivity index (χ1) is 14.9. The van der Waals surface area contributed by atoms with Crippen molar-refractivity contribution in [2.24, 2.45) is 5.73 Å². The van der Waals surface area contributed by atoms with Gasteiger partial charge in [-0.05, 0) is 60.7 Å². The Morgan fingerprint density at radius 2 is 1.65 bits per heavy atom. The highest BCUT2D eigenvalue weighted by molar-refractivity contribution is 5.90. The quantitative estimate of drug-likeness (QED) is 0.593. The van der Waals surface area contributed by atoms with Gasteiger partial charge in [0.2, 0.25) is 0 Å². The zero-order chi connectivity index (χ0) is 22.0. The highest BCUT2D eigenvalue weighted by Crippen LogP contribution is 2.40. The maximum absolute atomic E-state index is 14.2. The lowest BCUT2D eigenvalue weighted by Gasteiger charge is -2.35. The average Bonchev–Trinajstić information content (AvgIpc) is 2.73. The standard InChI is InChI=1S/C24H24F3N3O/c1-15-10-17(12-18(25)11-15)22-14-29-13-21(23(22)30-8-6-19(28)7-9-30)16-2-4-20(5-3-16)31-24(26)27/h2-5,10-14,19,24H,6-9,28H2,1H3. The van der Waals surface area contributed by atoms with Crippen LogP contribution in [0.4, 0.5) is 18.9 Å². The average molecular weight is 427 g/mol. The zero-order valence-electron chi connectivity index (χ0n) is 17.2. The third kappa shape index (κ3) is 4.82. The van der Waals surface area contributed by atoms with E-state index in [4.69, 9.17) is 5.73 Å².